The first-order chi connectivity index (χ1) is 7.16. The van der Waals surface area contributed by atoms with E-state index in [1.807, 2.05) is 6.92 Å². The van der Waals surface area contributed by atoms with E-state index >= 15 is 0 Å². The highest BCUT2D eigenvalue weighted by molar-refractivity contribution is 4.98. The molecular weight excluding hydrogens is 194 g/mol. The van der Waals surface area contributed by atoms with Crippen molar-refractivity contribution in [3.8, 4) is 0 Å². The van der Waals surface area contributed by atoms with Gasteiger partial charge in [0.1, 0.15) is 6.10 Å². The Morgan fingerprint density at radius 2 is 2.47 bits per heavy atom. The highest BCUT2D eigenvalue weighted by Crippen LogP contribution is 2.18. The minimum absolute atomic E-state index is 0.0104. The standard InChI is InChI=1S/C9H17N5O/c1-6(10)8-11-9(13-12-8)7-5-14(2)3-4-15-7/h6-7H,3-5,10H2,1-2H3,(H,11,12,13). The van der Waals surface area contributed by atoms with E-state index in [1.165, 1.54) is 0 Å². The van der Waals surface area contributed by atoms with Crippen LogP contribution in [-0.2, 0) is 4.74 Å². The molecular formula is C9H17N5O. The molecule has 1 aromatic heterocycles. The van der Waals surface area contributed by atoms with Gasteiger partial charge in [-0.15, -0.1) is 0 Å². The second-order valence-electron chi connectivity index (χ2n) is 3.99. The quantitative estimate of drug-likeness (QED) is 0.709. The normalized spacial score (nSPS) is 25.4. The zero-order chi connectivity index (χ0) is 10.8. The lowest BCUT2D eigenvalue weighted by Gasteiger charge is -2.28. The van der Waals surface area contributed by atoms with Crippen molar-refractivity contribution < 1.29 is 4.74 Å². The van der Waals surface area contributed by atoms with Crippen LogP contribution in [0.5, 0.6) is 0 Å². The van der Waals surface area contributed by atoms with E-state index in [4.69, 9.17) is 10.5 Å². The van der Waals surface area contributed by atoms with Gasteiger partial charge in [0.2, 0.25) is 0 Å². The minimum Gasteiger partial charge on any atom is -0.368 e. The maximum absolute atomic E-state index is 5.69. The number of hydrogen-bond acceptors (Lipinski definition) is 5. The van der Waals surface area contributed by atoms with Crippen LogP contribution in [0.3, 0.4) is 0 Å². The molecule has 3 N–H and O–H groups in total. The Kier molecular flexibility index (Phi) is 2.99. The predicted octanol–water partition coefficient (Wildman–Crippen LogP) is -0.172. The molecule has 6 heteroatoms. The number of H-pyrrole nitrogens is 1. The molecule has 1 fully saturated rings. The van der Waals surface area contributed by atoms with Crippen molar-refractivity contribution >= 4 is 0 Å². The fraction of sp³-hybridized carbons (Fsp3) is 0.778. The molecule has 0 radical (unpaired) electrons. The number of hydrogen-bond donors (Lipinski definition) is 2. The lowest BCUT2D eigenvalue weighted by molar-refractivity contribution is -0.0253. The molecule has 1 aliphatic heterocycles. The number of ether oxygens (including phenoxy) is 1. The number of morpholine rings is 1. The molecule has 1 aliphatic rings. The number of nitrogens with two attached hydrogens (primary N) is 1. The summed E-state index contributed by atoms with van der Waals surface area (Å²) in [4.78, 5) is 6.54. The number of rotatable bonds is 2. The third-order valence-corrected chi connectivity index (χ3v) is 2.50. The van der Waals surface area contributed by atoms with Crippen LogP contribution in [0.1, 0.15) is 30.7 Å². The maximum atomic E-state index is 5.69. The van der Waals surface area contributed by atoms with Gasteiger partial charge >= 0.3 is 0 Å². The SMILES string of the molecule is CC(N)c1n[nH]c(C2CN(C)CCO2)n1. The Hall–Kier alpha value is -0.980. The van der Waals surface area contributed by atoms with Gasteiger partial charge in [-0.05, 0) is 14.0 Å². The number of nitrogens with zero attached hydrogens (tertiary/aromatic N) is 3. The van der Waals surface area contributed by atoms with Gasteiger partial charge in [0.05, 0.1) is 12.6 Å². The van der Waals surface area contributed by atoms with Gasteiger partial charge in [-0.1, -0.05) is 0 Å². The van der Waals surface area contributed by atoms with Crippen LogP contribution in [0.15, 0.2) is 0 Å². The Morgan fingerprint density at radius 3 is 3.07 bits per heavy atom. The molecule has 2 unspecified atom stereocenters. The van der Waals surface area contributed by atoms with E-state index in [2.05, 4.69) is 27.1 Å². The monoisotopic (exact) mass is 211 g/mol. The summed E-state index contributed by atoms with van der Waals surface area (Å²) in [7, 11) is 2.07. The van der Waals surface area contributed by atoms with Gasteiger partial charge < -0.3 is 15.4 Å². The summed E-state index contributed by atoms with van der Waals surface area (Å²) in [6.07, 6.45) is -0.0104. The molecule has 6 nitrogen and oxygen atoms in total. The summed E-state index contributed by atoms with van der Waals surface area (Å²) in [5, 5.41) is 6.94. The molecule has 15 heavy (non-hydrogen) atoms. The molecule has 1 saturated heterocycles. The van der Waals surface area contributed by atoms with Gasteiger partial charge in [-0.25, -0.2) is 4.98 Å². The molecule has 0 amide bonds. The van der Waals surface area contributed by atoms with Gasteiger partial charge in [0.15, 0.2) is 11.6 Å². The molecule has 0 bridgehead atoms. The van der Waals surface area contributed by atoms with E-state index in [1.54, 1.807) is 0 Å². The first kappa shape index (κ1) is 10.5. The van der Waals surface area contributed by atoms with E-state index in [0.717, 1.165) is 25.5 Å². The molecule has 0 saturated carbocycles. The number of nitrogens with one attached hydrogen (secondary N) is 1. The van der Waals surface area contributed by atoms with Crippen LogP contribution in [-0.4, -0.2) is 46.8 Å². The van der Waals surface area contributed by atoms with Crippen molar-refractivity contribution in [1.82, 2.24) is 20.1 Å². The third kappa shape index (κ3) is 2.34. The van der Waals surface area contributed by atoms with E-state index in [0.29, 0.717) is 5.82 Å². The number of aromatic nitrogens is 3. The summed E-state index contributed by atoms with van der Waals surface area (Å²) in [5.41, 5.74) is 5.69. The molecule has 84 valence electrons. The van der Waals surface area contributed by atoms with Gasteiger partial charge in [-0.3, -0.25) is 5.10 Å². The highest BCUT2D eigenvalue weighted by Gasteiger charge is 2.23. The Labute approximate surface area is 88.8 Å². The molecule has 1 aromatic rings. The van der Waals surface area contributed by atoms with E-state index in [-0.39, 0.29) is 12.1 Å². The van der Waals surface area contributed by atoms with Crippen LogP contribution in [0, 0.1) is 0 Å². The van der Waals surface area contributed by atoms with Crippen LogP contribution in [0.4, 0.5) is 0 Å². The molecule has 2 heterocycles. The molecule has 2 atom stereocenters. The fourth-order valence-electron chi connectivity index (χ4n) is 1.58. The average Bonchev–Trinajstić information content (AvgIpc) is 2.66. The number of aromatic amines is 1. The average molecular weight is 211 g/mol. The predicted molar refractivity (Wildman–Crippen MR) is 55.2 cm³/mol. The Balaban J connectivity index is 2.08. The molecule has 0 aliphatic carbocycles. The summed E-state index contributed by atoms with van der Waals surface area (Å²) < 4.78 is 5.61. The van der Waals surface area contributed by atoms with Crippen molar-refractivity contribution in [3.05, 3.63) is 11.6 Å². The van der Waals surface area contributed by atoms with Crippen LogP contribution >= 0.6 is 0 Å². The summed E-state index contributed by atoms with van der Waals surface area (Å²) in [6.45, 7) is 4.40. The van der Waals surface area contributed by atoms with Gasteiger partial charge in [0, 0.05) is 13.1 Å². The van der Waals surface area contributed by atoms with Gasteiger partial charge in [0.25, 0.3) is 0 Å². The van der Waals surface area contributed by atoms with E-state index in [9.17, 15) is 0 Å². The second kappa shape index (κ2) is 4.26. The zero-order valence-corrected chi connectivity index (χ0v) is 9.10. The summed E-state index contributed by atoms with van der Waals surface area (Å²) in [5.74, 6) is 1.41. The first-order valence-corrected chi connectivity index (χ1v) is 5.14. The first-order valence-electron chi connectivity index (χ1n) is 5.14. The fourth-order valence-corrected chi connectivity index (χ4v) is 1.58. The van der Waals surface area contributed by atoms with Crippen molar-refractivity contribution in [1.29, 1.82) is 0 Å². The van der Waals surface area contributed by atoms with Crippen molar-refractivity contribution in [3.63, 3.8) is 0 Å². The maximum Gasteiger partial charge on any atom is 0.167 e. The van der Waals surface area contributed by atoms with Crippen molar-refractivity contribution in [2.45, 2.75) is 19.1 Å². The number of likely N-dealkylation sites (N-methyl/N-ethyl adjacent to an activating group) is 1. The lowest BCUT2D eigenvalue weighted by Crippen LogP contribution is -2.35. The third-order valence-electron chi connectivity index (χ3n) is 2.50. The van der Waals surface area contributed by atoms with Crippen molar-refractivity contribution in [2.24, 2.45) is 5.73 Å². The van der Waals surface area contributed by atoms with Crippen LogP contribution in [0.2, 0.25) is 0 Å². The van der Waals surface area contributed by atoms with Crippen molar-refractivity contribution in [2.75, 3.05) is 26.7 Å². The largest absolute Gasteiger partial charge is 0.368 e. The zero-order valence-electron chi connectivity index (χ0n) is 9.10. The Morgan fingerprint density at radius 1 is 1.67 bits per heavy atom. The lowest BCUT2D eigenvalue weighted by atomic mass is 10.2. The van der Waals surface area contributed by atoms with Gasteiger partial charge in [-0.2, -0.15) is 5.10 Å². The van der Waals surface area contributed by atoms with Crippen LogP contribution in [0.25, 0.3) is 0 Å². The molecule has 0 aromatic carbocycles. The van der Waals surface area contributed by atoms with E-state index < -0.39 is 0 Å². The molecule has 0 spiro atoms. The Bertz CT molecular complexity index is 324. The smallest absolute Gasteiger partial charge is 0.167 e. The second-order valence-corrected chi connectivity index (χ2v) is 3.99. The topological polar surface area (TPSA) is 80.1 Å². The summed E-state index contributed by atoms with van der Waals surface area (Å²) >= 11 is 0. The van der Waals surface area contributed by atoms with Crippen LogP contribution < -0.4 is 5.73 Å². The highest BCUT2D eigenvalue weighted by atomic mass is 16.5. The summed E-state index contributed by atoms with van der Waals surface area (Å²) in [6, 6.07) is -0.142. The molecule has 2 rings (SSSR count). The minimum atomic E-state index is -0.142.